The third-order valence-electron chi connectivity index (χ3n) is 3.08. The number of nitriles is 1. The summed E-state index contributed by atoms with van der Waals surface area (Å²) in [6, 6.07) is 11.8. The number of benzene rings is 1. The van der Waals surface area contributed by atoms with E-state index in [1.165, 1.54) is 16.2 Å². The largest absolute Gasteiger partial charge is 0.420 e. The minimum atomic E-state index is -0.569. The molecule has 2 aromatic heterocycles. The number of carbonyl (C=O) groups is 1. The van der Waals surface area contributed by atoms with E-state index in [-0.39, 0.29) is 0 Å². The van der Waals surface area contributed by atoms with Crippen molar-refractivity contribution in [3.05, 3.63) is 45.9 Å². The molecule has 1 amide bonds. The summed E-state index contributed by atoms with van der Waals surface area (Å²) in [6.07, 6.45) is -0.569. The number of fused-ring (bicyclic) bond motifs is 1. The molecule has 0 radical (unpaired) electrons. The number of aromatic nitrogens is 2. The highest BCUT2D eigenvalue weighted by Crippen LogP contribution is 2.22. The van der Waals surface area contributed by atoms with Crippen LogP contribution >= 0.6 is 23.6 Å². The third-order valence-corrected chi connectivity index (χ3v) is 4.22. The van der Waals surface area contributed by atoms with Crippen molar-refractivity contribution in [3.8, 4) is 11.8 Å². The zero-order valence-electron chi connectivity index (χ0n) is 11.9. The fourth-order valence-corrected chi connectivity index (χ4v) is 2.93. The molecular weight excluding hydrogens is 332 g/mol. The maximum atomic E-state index is 12.2. The van der Waals surface area contributed by atoms with Gasteiger partial charge in [0.1, 0.15) is 16.4 Å². The first-order valence-corrected chi connectivity index (χ1v) is 7.75. The van der Waals surface area contributed by atoms with Crippen molar-refractivity contribution < 1.29 is 9.53 Å². The molecule has 2 heterocycles. The fourth-order valence-electron chi connectivity index (χ4n) is 1.87. The molecule has 8 heteroatoms. The van der Waals surface area contributed by atoms with Crippen molar-refractivity contribution in [2.75, 3.05) is 11.9 Å². The molecule has 0 saturated heterocycles. The highest BCUT2D eigenvalue weighted by molar-refractivity contribution is 7.73. The van der Waals surface area contributed by atoms with E-state index in [1.807, 2.05) is 12.1 Å². The molecule has 0 spiro atoms. The minimum Gasteiger partial charge on any atom is -0.410 e. The maximum Gasteiger partial charge on any atom is 0.420 e. The van der Waals surface area contributed by atoms with E-state index in [4.69, 9.17) is 22.2 Å². The molecule has 0 saturated carbocycles. The number of hydrogen-bond donors (Lipinski definition) is 1. The van der Waals surface area contributed by atoms with Gasteiger partial charge in [0.15, 0.2) is 3.95 Å². The zero-order valence-corrected chi connectivity index (χ0v) is 13.6. The molecule has 3 rings (SSSR count). The molecule has 0 bridgehead atoms. The SMILES string of the molecule is CN(C(=O)Oc1ccc(C#N)cc1)c1ccc2[nH]c(=S)sc2n1. The van der Waals surface area contributed by atoms with Crippen LogP contribution in [0.25, 0.3) is 10.3 Å². The molecule has 0 aliphatic carbocycles. The summed E-state index contributed by atoms with van der Waals surface area (Å²) in [5, 5.41) is 8.75. The van der Waals surface area contributed by atoms with Crippen LogP contribution in [0, 0.1) is 15.3 Å². The average Bonchev–Trinajstić information content (AvgIpc) is 2.93. The summed E-state index contributed by atoms with van der Waals surface area (Å²) in [5.41, 5.74) is 1.33. The second-order valence-electron chi connectivity index (χ2n) is 4.60. The molecule has 1 N–H and O–H groups in total. The topological polar surface area (TPSA) is 82.0 Å². The molecule has 0 fully saturated rings. The number of nitrogens with one attached hydrogen (secondary N) is 1. The second-order valence-corrected chi connectivity index (χ2v) is 6.27. The lowest BCUT2D eigenvalue weighted by molar-refractivity contribution is 0.209. The van der Waals surface area contributed by atoms with E-state index in [2.05, 4.69) is 9.97 Å². The van der Waals surface area contributed by atoms with E-state index in [0.29, 0.717) is 21.1 Å². The number of thiazole rings is 1. The Bertz CT molecular complexity index is 970. The van der Waals surface area contributed by atoms with Crippen molar-refractivity contribution in [1.82, 2.24) is 9.97 Å². The summed E-state index contributed by atoms with van der Waals surface area (Å²) in [4.78, 5) is 21.6. The summed E-state index contributed by atoms with van der Waals surface area (Å²) in [7, 11) is 1.58. The van der Waals surface area contributed by atoms with Crippen LogP contribution in [0.1, 0.15) is 5.56 Å². The van der Waals surface area contributed by atoms with E-state index in [0.717, 1.165) is 10.3 Å². The first-order chi connectivity index (χ1) is 11.1. The van der Waals surface area contributed by atoms with E-state index in [1.54, 1.807) is 37.4 Å². The molecule has 0 atom stereocenters. The normalized spacial score (nSPS) is 10.3. The summed E-state index contributed by atoms with van der Waals surface area (Å²) in [5.74, 6) is 0.820. The number of nitrogens with zero attached hydrogens (tertiary/aromatic N) is 3. The van der Waals surface area contributed by atoms with Crippen molar-refractivity contribution in [2.45, 2.75) is 0 Å². The predicted octanol–water partition coefficient (Wildman–Crippen LogP) is 3.86. The molecule has 1 aromatic carbocycles. The summed E-state index contributed by atoms with van der Waals surface area (Å²) >= 11 is 6.42. The Balaban J connectivity index is 1.79. The van der Waals surface area contributed by atoms with Crippen LogP contribution in [0.3, 0.4) is 0 Å². The fraction of sp³-hybridized carbons (Fsp3) is 0.0667. The lowest BCUT2D eigenvalue weighted by atomic mass is 10.2. The second kappa shape index (κ2) is 6.16. The molecule has 0 unspecified atom stereocenters. The first-order valence-electron chi connectivity index (χ1n) is 6.52. The van der Waals surface area contributed by atoms with Gasteiger partial charge in [-0.05, 0) is 48.6 Å². The van der Waals surface area contributed by atoms with Crippen LogP contribution in [0.2, 0.25) is 0 Å². The van der Waals surface area contributed by atoms with Gasteiger partial charge in [0, 0.05) is 7.05 Å². The Labute approximate surface area is 140 Å². The third kappa shape index (κ3) is 3.21. The Morgan fingerprint density at radius 1 is 1.35 bits per heavy atom. The zero-order chi connectivity index (χ0) is 16.4. The van der Waals surface area contributed by atoms with Gasteiger partial charge in [-0.3, -0.25) is 4.90 Å². The molecule has 6 nitrogen and oxygen atoms in total. The van der Waals surface area contributed by atoms with Crippen LogP contribution in [-0.4, -0.2) is 23.1 Å². The number of rotatable bonds is 2. The minimum absolute atomic E-state index is 0.360. The Hall–Kier alpha value is -2.76. The molecule has 0 aliphatic rings. The number of ether oxygens (including phenoxy) is 1. The van der Waals surface area contributed by atoms with Gasteiger partial charge in [0.25, 0.3) is 0 Å². The first kappa shape index (κ1) is 15.1. The van der Waals surface area contributed by atoms with Crippen LogP contribution in [0.15, 0.2) is 36.4 Å². The van der Waals surface area contributed by atoms with E-state index < -0.39 is 6.09 Å². The van der Waals surface area contributed by atoms with E-state index in [9.17, 15) is 4.79 Å². The molecule has 0 aliphatic heterocycles. The lowest BCUT2D eigenvalue weighted by Gasteiger charge is -2.15. The highest BCUT2D eigenvalue weighted by Gasteiger charge is 2.15. The van der Waals surface area contributed by atoms with Crippen LogP contribution in [0.4, 0.5) is 10.6 Å². The lowest BCUT2D eigenvalue weighted by Crippen LogP contribution is -2.30. The van der Waals surface area contributed by atoms with Gasteiger partial charge in [-0.1, -0.05) is 11.3 Å². The Kier molecular flexibility index (Phi) is 4.06. The van der Waals surface area contributed by atoms with Gasteiger partial charge in [0.2, 0.25) is 0 Å². The Morgan fingerprint density at radius 3 is 2.78 bits per heavy atom. The van der Waals surface area contributed by atoms with Gasteiger partial charge in [-0.2, -0.15) is 5.26 Å². The Morgan fingerprint density at radius 2 is 2.09 bits per heavy atom. The van der Waals surface area contributed by atoms with Gasteiger partial charge in [0.05, 0.1) is 17.1 Å². The van der Waals surface area contributed by atoms with Crippen molar-refractivity contribution >= 4 is 45.8 Å². The van der Waals surface area contributed by atoms with Gasteiger partial charge < -0.3 is 9.72 Å². The van der Waals surface area contributed by atoms with Crippen LogP contribution < -0.4 is 9.64 Å². The molecule has 23 heavy (non-hydrogen) atoms. The van der Waals surface area contributed by atoms with Gasteiger partial charge in [-0.15, -0.1) is 0 Å². The van der Waals surface area contributed by atoms with Crippen molar-refractivity contribution in [2.24, 2.45) is 0 Å². The van der Waals surface area contributed by atoms with E-state index >= 15 is 0 Å². The van der Waals surface area contributed by atoms with Crippen LogP contribution in [0.5, 0.6) is 5.75 Å². The maximum absolute atomic E-state index is 12.2. The number of carbonyl (C=O) groups excluding carboxylic acids is 1. The molecular formula is C15H10N4O2S2. The standard InChI is InChI=1S/C15H10N4O2S2/c1-19(12-7-6-11-13(18-12)23-14(22)17-11)15(20)21-10-4-2-9(8-16)3-5-10/h2-7H,1H3,(H,17,22). The van der Waals surface area contributed by atoms with Crippen LogP contribution in [-0.2, 0) is 0 Å². The number of amides is 1. The predicted molar refractivity (Wildman–Crippen MR) is 90.4 cm³/mol. The molecule has 114 valence electrons. The quantitative estimate of drug-likeness (QED) is 0.715. The number of aromatic amines is 1. The van der Waals surface area contributed by atoms with Crippen molar-refractivity contribution in [3.63, 3.8) is 0 Å². The number of pyridine rings is 1. The highest BCUT2D eigenvalue weighted by atomic mass is 32.1. The van der Waals surface area contributed by atoms with Gasteiger partial charge >= 0.3 is 6.09 Å². The number of anilines is 1. The monoisotopic (exact) mass is 342 g/mol. The van der Waals surface area contributed by atoms with Gasteiger partial charge in [-0.25, -0.2) is 9.78 Å². The van der Waals surface area contributed by atoms with Crippen molar-refractivity contribution in [1.29, 1.82) is 5.26 Å². The molecule has 3 aromatic rings. The number of hydrogen-bond acceptors (Lipinski definition) is 6. The number of H-pyrrole nitrogens is 1. The smallest absolute Gasteiger partial charge is 0.410 e. The summed E-state index contributed by atoms with van der Waals surface area (Å²) in [6.45, 7) is 0. The summed E-state index contributed by atoms with van der Waals surface area (Å²) < 4.78 is 5.89. The average molecular weight is 342 g/mol.